The number of pyridine rings is 1. The normalized spacial score (nSPS) is 16.3. The first kappa shape index (κ1) is 26.3. The first-order valence-electron chi connectivity index (χ1n) is 12.6. The van der Waals surface area contributed by atoms with Crippen LogP contribution < -0.4 is 9.47 Å². The van der Waals surface area contributed by atoms with E-state index in [2.05, 4.69) is 4.98 Å². The van der Waals surface area contributed by atoms with Crippen molar-refractivity contribution in [1.82, 2.24) is 4.98 Å². The summed E-state index contributed by atoms with van der Waals surface area (Å²) in [4.78, 5) is 3.98. The lowest BCUT2D eigenvalue weighted by Gasteiger charge is -2.33. The molecule has 0 amide bonds. The van der Waals surface area contributed by atoms with Gasteiger partial charge in [0.1, 0.15) is 0 Å². The standard InChI is InChI=1S/C28H27F6NO3/c1-37-24-11-8-20(17-25(24)38-22-4-2-3-5-22)23(16-18-12-14-35-15-13-18)19-6-9-21(10-7-19)26(36,27(29,30)31)28(32,33)34/h6-15,17,22-23,36H,2-5,16H2,1H3/i8T. The lowest BCUT2D eigenvalue weighted by molar-refractivity contribution is -0.376. The number of hydrogen-bond acceptors (Lipinski definition) is 4. The van der Waals surface area contributed by atoms with Gasteiger partial charge in [0.25, 0.3) is 5.60 Å². The zero-order valence-electron chi connectivity index (χ0n) is 21.4. The van der Waals surface area contributed by atoms with Gasteiger partial charge in [-0.15, -0.1) is 0 Å². The minimum Gasteiger partial charge on any atom is -0.493 e. The highest BCUT2D eigenvalue weighted by molar-refractivity contribution is 5.47. The third-order valence-corrected chi connectivity index (χ3v) is 6.83. The summed E-state index contributed by atoms with van der Waals surface area (Å²) in [5.41, 5.74) is -4.78. The van der Waals surface area contributed by atoms with E-state index in [9.17, 15) is 31.4 Å². The highest BCUT2D eigenvalue weighted by Gasteiger charge is 2.71. The van der Waals surface area contributed by atoms with Crippen molar-refractivity contribution in [2.24, 2.45) is 0 Å². The number of benzene rings is 2. The number of aromatic nitrogens is 1. The molecular formula is C28H27F6NO3. The van der Waals surface area contributed by atoms with Crippen LogP contribution in [-0.4, -0.2) is 35.7 Å². The van der Waals surface area contributed by atoms with Gasteiger partial charge in [0.05, 0.1) is 14.6 Å². The Morgan fingerprint density at radius 3 is 2.08 bits per heavy atom. The van der Waals surface area contributed by atoms with Gasteiger partial charge in [-0.1, -0.05) is 30.3 Å². The Morgan fingerprint density at radius 1 is 0.921 bits per heavy atom. The maximum Gasteiger partial charge on any atom is 0.430 e. The fourth-order valence-corrected chi connectivity index (χ4v) is 4.72. The summed E-state index contributed by atoms with van der Waals surface area (Å²) in [7, 11) is 1.45. The Hall–Kier alpha value is -3.27. The third kappa shape index (κ3) is 5.60. The molecule has 1 aromatic heterocycles. The largest absolute Gasteiger partial charge is 0.493 e. The Labute approximate surface area is 217 Å². The maximum absolute atomic E-state index is 13.4. The molecule has 0 spiro atoms. The van der Waals surface area contributed by atoms with Gasteiger partial charge in [0, 0.05) is 23.9 Å². The molecule has 0 saturated heterocycles. The van der Waals surface area contributed by atoms with Gasteiger partial charge in [-0.05, 0) is 73.1 Å². The molecule has 1 fully saturated rings. The molecule has 2 aromatic carbocycles. The van der Waals surface area contributed by atoms with Crippen LogP contribution in [0.15, 0.2) is 67.0 Å². The van der Waals surface area contributed by atoms with E-state index in [1.807, 2.05) is 0 Å². The van der Waals surface area contributed by atoms with Crippen LogP contribution in [0.25, 0.3) is 0 Å². The van der Waals surface area contributed by atoms with Crippen molar-refractivity contribution in [2.45, 2.75) is 62.1 Å². The van der Waals surface area contributed by atoms with E-state index in [0.29, 0.717) is 34.8 Å². The van der Waals surface area contributed by atoms with Gasteiger partial charge >= 0.3 is 12.4 Å². The molecule has 1 atom stereocenters. The highest BCUT2D eigenvalue weighted by atomic mass is 19.4. The predicted molar refractivity (Wildman–Crippen MR) is 128 cm³/mol. The van der Waals surface area contributed by atoms with Gasteiger partial charge in [-0.3, -0.25) is 4.98 Å². The molecule has 10 heteroatoms. The molecule has 0 bridgehead atoms. The molecule has 1 unspecified atom stereocenters. The number of ether oxygens (including phenoxy) is 2. The van der Waals surface area contributed by atoms with Crippen LogP contribution in [0.1, 0.15) is 55.2 Å². The topological polar surface area (TPSA) is 51.6 Å². The number of nitrogens with zero attached hydrogens (tertiary/aromatic N) is 1. The minimum atomic E-state index is -5.99. The number of hydrogen-bond donors (Lipinski definition) is 1. The van der Waals surface area contributed by atoms with Crippen molar-refractivity contribution in [2.75, 3.05) is 7.11 Å². The average molecular weight is 542 g/mol. The van der Waals surface area contributed by atoms with Crippen LogP contribution in [0.3, 0.4) is 0 Å². The number of halogens is 6. The van der Waals surface area contributed by atoms with Crippen LogP contribution >= 0.6 is 0 Å². The maximum atomic E-state index is 13.4. The second kappa shape index (κ2) is 10.8. The molecule has 3 aromatic rings. The fraction of sp³-hybridized carbons (Fsp3) is 0.393. The summed E-state index contributed by atoms with van der Waals surface area (Å²) in [5, 5.41) is 9.79. The van der Waals surface area contributed by atoms with E-state index < -0.39 is 29.4 Å². The summed E-state index contributed by atoms with van der Waals surface area (Å²) in [6.07, 6.45) is -4.83. The number of alkyl halides is 6. The van der Waals surface area contributed by atoms with Gasteiger partial charge < -0.3 is 14.6 Å². The van der Waals surface area contributed by atoms with E-state index in [0.717, 1.165) is 43.4 Å². The average Bonchev–Trinajstić information content (AvgIpc) is 3.40. The Morgan fingerprint density at radius 2 is 1.53 bits per heavy atom. The molecule has 1 N–H and O–H groups in total. The van der Waals surface area contributed by atoms with Crippen LogP contribution in [0, 0.1) is 0 Å². The van der Waals surface area contributed by atoms with Crippen molar-refractivity contribution >= 4 is 0 Å². The Balaban J connectivity index is 1.79. The van der Waals surface area contributed by atoms with Crippen molar-refractivity contribution in [3.8, 4) is 11.5 Å². The van der Waals surface area contributed by atoms with Crippen LogP contribution in [0.4, 0.5) is 26.3 Å². The van der Waals surface area contributed by atoms with Crippen molar-refractivity contribution < 1.29 is 42.3 Å². The zero-order valence-corrected chi connectivity index (χ0v) is 20.4. The summed E-state index contributed by atoms with van der Waals surface area (Å²) in [6, 6.07) is 10.2. The third-order valence-electron chi connectivity index (χ3n) is 6.83. The first-order valence-corrected chi connectivity index (χ1v) is 12.1. The summed E-state index contributed by atoms with van der Waals surface area (Å²) < 4.78 is 101. The summed E-state index contributed by atoms with van der Waals surface area (Å²) >= 11 is 0. The fourth-order valence-electron chi connectivity index (χ4n) is 4.72. The molecule has 1 aliphatic rings. The van der Waals surface area contributed by atoms with Gasteiger partial charge in [0.15, 0.2) is 11.5 Å². The minimum absolute atomic E-state index is 0.0244. The van der Waals surface area contributed by atoms with Crippen molar-refractivity contribution in [1.29, 1.82) is 0 Å². The number of aliphatic hydroxyl groups is 1. The quantitative estimate of drug-likeness (QED) is 0.309. The van der Waals surface area contributed by atoms with Gasteiger partial charge in [0.2, 0.25) is 0 Å². The molecule has 0 radical (unpaired) electrons. The molecule has 1 aliphatic carbocycles. The second-order valence-electron chi connectivity index (χ2n) is 9.29. The van der Waals surface area contributed by atoms with Crippen LogP contribution in [-0.2, 0) is 12.0 Å². The molecule has 38 heavy (non-hydrogen) atoms. The van der Waals surface area contributed by atoms with E-state index in [1.165, 1.54) is 13.2 Å². The van der Waals surface area contributed by atoms with E-state index in [4.69, 9.17) is 10.8 Å². The Kier molecular flexibility index (Phi) is 7.52. The predicted octanol–water partition coefficient (Wildman–Crippen LogP) is 7.10. The molecular weight excluding hydrogens is 512 g/mol. The summed E-state index contributed by atoms with van der Waals surface area (Å²) in [6.45, 7) is 0. The van der Waals surface area contributed by atoms with E-state index >= 15 is 0 Å². The van der Waals surface area contributed by atoms with E-state index in [-0.39, 0.29) is 18.6 Å². The molecule has 1 saturated carbocycles. The monoisotopic (exact) mass is 541 g/mol. The smallest absolute Gasteiger partial charge is 0.430 e. The van der Waals surface area contributed by atoms with Crippen LogP contribution in [0.5, 0.6) is 11.5 Å². The lowest BCUT2D eigenvalue weighted by Crippen LogP contribution is -2.53. The van der Waals surface area contributed by atoms with Crippen molar-refractivity contribution in [3.05, 3.63) is 89.2 Å². The number of rotatable bonds is 8. The molecule has 4 nitrogen and oxygen atoms in total. The summed E-state index contributed by atoms with van der Waals surface area (Å²) in [5.74, 6) is 0.125. The first-order chi connectivity index (χ1) is 18.3. The van der Waals surface area contributed by atoms with Crippen LogP contribution in [0.2, 0.25) is 0 Å². The zero-order chi connectivity index (χ0) is 28.4. The molecule has 204 valence electrons. The Bertz CT molecular complexity index is 1250. The van der Waals surface area contributed by atoms with Gasteiger partial charge in [-0.2, -0.15) is 26.3 Å². The second-order valence-corrected chi connectivity index (χ2v) is 9.29. The van der Waals surface area contributed by atoms with Gasteiger partial charge in [-0.25, -0.2) is 0 Å². The molecule has 4 rings (SSSR count). The number of methoxy groups -OCH3 is 1. The van der Waals surface area contributed by atoms with E-state index in [1.54, 1.807) is 30.6 Å². The molecule has 1 heterocycles. The molecule has 0 aliphatic heterocycles. The SMILES string of the molecule is [3H]c1cc(OC)c(OC2CCCC2)cc1C(Cc1ccncc1)c1ccc(C(O)(C(F)(F)F)C(F)(F)F)cc1. The highest BCUT2D eigenvalue weighted by Crippen LogP contribution is 2.50. The lowest BCUT2D eigenvalue weighted by atomic mass is 9.84. The van der Waals surface area contributed by atoms with Crippen molar-refractivity contribution in [3.63, 3.8) is 0 Å².